The zero-order valence-corrected chi connectivity index (χ0v) is 16.5. The molecule has 3 amide bonds. The van der Waals surface area contributed by atoms with Gasteiger partial charge in [0.25, 0.3) is 5.91 Å². The third kappa shape index (κ3) is 4.62. The maximum atomic E-state index is 12.6. The van der Waals surface area contributed by atoms with Gasteiger partial charge in [0.15, 0.2) is 0 Å². The maximum absolute atomic E-state index is 12.6. The van der Waals surface area contributed by atoms with Crippen molar-refractivity contribution >= 4 is 17.6 Å². The SMILES string of the molecule is COc1ccc(C(=O)Nc2cn[nH]c2[C@@H]2CCCN(C(=O)NC(C)C)C2)cc1. The molecule has 1 saturated heterocycles. The minimum Gasteiger partial charge on any atom is -0.497 e. The van der Waals surface area contributed by atoms with Gasteiger partial charge in [0.05, 0.1) is 24.7 Å². The minimum absolute atomic E-state index is 0.0527. The van der Waals surface area contributed by atoms with Crippen molar-refractivity contribution in [3.05, 3.63) is 41.7 Å². The normalized spacial score (nSPS) is 16.7. The number of benzene rings is 1. The molecule has 1 atom stereocenters. The van der Waals surface area contributed by atoms with Crippen LogP contribution in [0.5, 0.6) is 5.75 Å². The number of carbonyl (C=O) groups is 2. The largest absolute Gasteiger partial charge is 0.497 e. The van der Waals surface area contributed by atoms with Crippen LogP contribution in [0.4, 0.5) is 10.5 Å². The zero-order valence-electron chi connectivity index (χ0n) is 16.5. The first-order chi connectivity index (χ1) is 13.5. The second-order valence-electron chi connectivity index (χ2n) is 7.27. The molecule has 3 N–H and O–H groups in total. The predicted octanol–water partition coefficient (Wildman–Crippen LogP) is 2.97. The third-order valence-corrected chi connectivity index (χ3v) is 4.80. The van der Waals surface area contributed by atoms with E-state index in [-0.39, 0.29) is 23.9 Å². The number of aromatic nitrogens is 2. The van der Waals surface area contributed by atoms with E-state index in [1.54, 1.807) is 37.6 Å². The van der Waals surface area contributed by atoms with Gasteiger partial charge in [-0.1, -0.05) is 0 Å². The van der Waals surface area contributed by atoms with Crippen LogP contribution in [-0.4, -0.2) is 53.3 Å². The molecule has 150 valence electrons. The molecule has 1 aromatic heterocycles. The number of nitrogens with one attached hydrogen (secondary N) is 3. The summed E-state index contributed by atoms with van der Waals surface area (Å²) in [6.45, 7) is 5.21. The highest BCUT2D eigenvalue weighted by Gasteiger charge is 2.28. The molecule has 0 bridgehead atoms. The fraction of sp³-hybridized carbons (Fsp3) is 0.450. The van der Waals surface area contributed by atoms with E-state index in [0.717, 1.165) is 25.1 Å². The minimum atomic E-state index is -0.212. The van der Waals surface area contributed by atoms with Crippen molar-refractivity contribution in [3.8, 4) is 5.75 Å². The molecule has 0 unspecified atom stereocenters. The number of nitrogens with zero attached hydrogens (tertiary/aromatic N) is 2. The molecule has 8 heteroatoms. The van der Waals surface area contributed by atoms with Crippen LogP contribution in [0.3, 0.4) is 0 Å². The molecule has 8 nitrogen and oxygen atoms in total. The first-order valence-electron chi connectivity index (χ1n) is 9.52. The number of methoxy groups -OCH3 is 1. The summed E-state index contributed by atoms with van der Waals surface area (Å²) in [4.78, 5) is 26.7. The van der Waals surface area contributed by atoms with E-state index in [0.29, 0.717) is 23.5 Å². The maximum Gasteiger partial charge on any atom is 0.317 e. The zero-order chi connectivity index (χ0) is 20.1. The average Bonchev–Trinajstić information content (AvgIpc) is 3.15. The number of anilines is 1. The van der Waals surface area contributed by atoms with Crippen LogP contribution in [0.25, 0.3) is 0 Å². The number of aromatic amines is 1. The summed E-state index contributed by atoms with van der Waals surface area (Å²) in [5.74, 6) is 0.582. The Balaban J connectivity index is 1.68. The topological polar surface area (TPSA) is 99.3 Å². The van der Waals surface area contributed by atoms with E-state index in [4.69, 9.17) is 4.74 Å². The molecule has 1 fully saturated rings. The quantitative estimate of drug-likeness (QED) is 0.737. The number of hydrogen-bond acceptors (Lipinski definition) is 4. The van der Waals surface area contributed by atoms with Gasteiger partial charge in [0, 0.05) is 30.6 Å². The van der Waals surface area contributed by atoms with Gasteiger partial charge >= 0.3 is 6.03 Å². The number of ether oxygens (including phenoxy) is 1. The van der Waals surface area contributed by atoms with Gasteiger partial charge in [0.1, 0.15) is 5.75 Å². The first-order valence-corrected chi connectivity index (χ1v) is 9.52. The number of urea groups is 1. The summed E-state index contributed by atoms with van der Waals surface area (Å²) >= 11 is 0. The van der Waals surface area contributed by atoms with Crippen LogP contribution in [0.1, 0.15) is 48.7 Å². The van der Waals surface area contributed by atoms with Gasteiger partial charge in [-0.05, 0) is 51.0 Å². The highest BCUT2D eigenvalue weighted by molar-refractivity contribution is 6.04. The lowest BCUT2D eigenvalue weighted by Crippen LogP contribution is -2.47. The molecule has 1 aliphatic heterocycles. The van der Waals surface area contributed by atoms with E-state index < -0.39 is 0 Å². The number of piperidine rings is 1. The Labute approximate surface area is 164 Å². The Bertz CT molecular complexity index is 816. The molecular formula is C20H27N5O3. The van der Waals surface area contributed by atoms with E-state index in [2.05, 4.69) is 20.8 Å². The Kier molecular flexibility index (Phi) is 6.18. The standard InChI is InChI=1S/C20H27N5O3/c1-13(2)22-20(27)25-10-4-5-15(12-25)18-17(11-21-24-18)23-19(26)14-6-8-16(28-3)9-7-14/h6-9,11,13,15H,4-5,10,12H2,1-3H3,(H,21,24)(H,22,27)(H,23,26)/t15-/m1/s1. The number of hydrogen-bond donors (Lipinski definition) is 3. The number of amides is 3. The van der Waals surface area contributed by atoms with Gasteiger partial charge in [-0.15, -0.1) is 0 Å². The number of likely N-dealkylation sites (tertiary alicyclic amines) is 1. The van der Waals surface area contributed by atoms with Crippen molar-refractivity contribution in [3.63, 3.8) is 0 Å². The van der Waals surface area contributed by atoms with Crippen LogP contribution >= 0.6 is 0 Å². The van der Waals surface area contributed by atoms with Crippen molar-refractivity contribution in [1.29, 1.82) is 0 Å². The molecule has 28 heavy (non-hydrogen) atoms. The van der Waals surface area contributed by atoms with Crippen LogP contribution in [0.15, 0.2) is 30.5 Å². The summed E-state index contributed by atoms with van der Waals surface area (Å²) in [5, 5.41) is 13.0. The summed E-state index contributed by atoms with van der Waals surface area (Å²) in [7, 11) is 1.59. The predicted molar refractivity (Wildman–Crippen MR) is 107 cm³/mol. The van der Waals surface area contributed by atoms with Gasteiger partial charge in [-0.2, -0.15) is 5.10 Å². The second kappa shape index (κ2) is 8.77. The number of H-pyrrole nitrogens is 1. The van der Waals surface area contributed by atoms with Crippen molar-refractivity contribution < 1.29 is 14.3 Å². The first kappa shape index (κ1) is 19.7. The van der Waals surface area contributed by atoms with Crippen molar-refractivity contribution in [1.82, 2.24) is 20.4 Å². The Morgan fingerprint density at radius 1 is 1.29 bits per heavy atom. The summed E-state index contributed by atoms with van der Waals surface area (Å²) in [6, 6.07) is 6.97. The number of carbonyl (C=O) groups excluding carboxylic acids is 2. The molecule has 0 aliphatic carbocycles. The van der Waals surface area contributed by atoms with Crippen molar-refractivity contribution in [2.24, 2.45) is 0 Å². The summed E-state index contributed by atoms with van der Waals surface area (Å²) in [6.07, 6.45) is 3.45. The Hall–Kier alpha value is -3.03. The van der Waals surface area contributed by atoms with Gasteiger partial charge < -0.3 is 20.3 Å². The fourth-order valence-corrected chi connectivity index (χ4v) is 3.38. The van der Waals surface area contributed by atoms with Crippen LogP contribution in [0.2, 0.25) is 0 Å². The van der Waals surface area contributed by atoms with Crippen LogP contribution < -0.4 is 15.4 Å². The van der Waals surface area contributed by atoms with Crippen LogP contribution in [0, 0.1) is 0 Å². The third-order valence-electron chi connectivity index (χ3n) is 4.80. The lowest BCUT2D eigenvalue weighted by atomic mass is 9.94. The number of rotatable bonds is 5. The van der Waals surface area contributed by atoms with Gasteiger partial charge in [0.2, 0.25) is 0 Å². The smallest absolute Gasteiger partial charge is 0.317 e. The fourth-order valence-electron chi connectivity index (χ4n) is 3.38. The lowest BCUT2D eigenvalue weighted by Gasteiger charge is -2.33. The molecule has 0 spiro atoms. The highest BCUT2D eigenvalue weighted by atomic mass is 16.5. The Morgan fingerprint density at radius 3 is 2.71 bits per heavy atom. The molecular weight excluding hydrogens is 358 g/mol. The Morgan fingerprint density at radius 2 is 2.04 bits per heavy atom. The lowest BCUT2D eigenvalue weighted by molar-refractivity contribution is 0.102. The van der Waals surface area contributed by atoms with Gasteiger partial charge in [-0.3, -0.25) is 9.89 Å². The van der Waals surface area contributed by atoms with Crippen molar-refractivity contribution in [2.75, 3.05) is 25.5 Å². The molecule has 0 radical (unpaired) electrons. The van der Waals surface area contributed by atoms with Gasteiger partial charge in [-0.25, -0.2) is 4.79 Å². The van der Waals surface area contributed by atoms with Crippen LogP contribution in [-0.2, 0) is 0 Å². The molecule has 2 heterocycles. The van der Waals surface area contributed by atoms with Crippen molar-refractivity contribution in [2.45, 2.75) is 38.6 Å². The molecule has 1 aliphatic rings. The summed E-state index contributed by atoms with van der Waals surface area (Å²) < 4.78 is 5.12. The van der Waals surface area contributed by atoms with E-state index >= 15 is 0 Å². The van der Waals surface area contributed by atoms with E-state index in [1.807, 2.05) is 18.7 Å². The highest BCUT2D eigenvalue weighted by Crippen LogP contribution is 2.30. The molecule has 0 saturated carbocycles. The summed E-state index contributed by atoms with van der Waals surface area (Å²) in [5.41, 5.74) is 2.04. The molecule has 1 aromatic carbocycles. The second-order valence-corrected chi connectivity index (χ2v) is 7.27. The van der Waals surface area contributed by atoms with E-state index in [9.17, 15) is 9.59 Å². The molecule has 3 rings (SSSR count). The molecule has 2 aromatic rings. The average molecular weight is 385 g/mol. The van der Waals surface area contributed by atoms with E-state index in [1.165, 1.54) is 0 Å². The monoisotopic (exact) mass is 385 g/mol.